The van der Waals surface area contributed by atoms with Crippen molar-refractivity contribution in [1.82, 2.24) is 9.78 Å². The molecule has 3 aromatic rings. The number of aryl methyl sites for hydroxylation is 2. The first kappa shape index (κ1) is 21.4. The highest BCUT2D eigenvalue weighted by atomic mass is 16.6. The van der Waals surface area contributed by atoms with Crippen LogP contribution in [-0.4, -0.2) is 33.2 Å². The molecule has 0 aliphatic rings. The molecule has 0 bridgehead atoms. The Bertz CT molecular complexity index is 1220. The monoisotopic (exact) mass is 422 g/mol. The number of para-hydroxylation sites is 1. The fourth-order valence-electron chi connectivity index (χ4n) is 2.76. The maximum atomic E-state index is 12.4. The van der Waals surface area contributed by atoms with E-state index in [9.17, 15) is 24.5 Å². The van der Waals surface area contributed by atoms with Crippen molar-refractivity contribution in [3.63, 3.8) is 0 Å². The molecule has 0 unspecified atom stereocenters. The normalized spacial score (nSPS) is 10.4. The van der Waals surface area contributed by atoms with Crippen LogP contribution in [0.5, 0.6) is 0 Å². The molecule has 0 radical (unpaired) electrons. The summed E-state index contributed by atoms with van der Waals surface area (Å²) in [5.74, 6) is -1.77. The number of hydrogen-bond acceptors (Lipinski definition) is 7. The number of rotatable bonds is 6. The van der Waals surface area contributed by atoms with Crippen molar-refractivity contribution in [2.75, 3.05) is 11.9 Å². The minimum Gasteiger partial charge on any atom is -0.451 e. The topological polar surface area (TPSA) is 133 Å². The molecule has 0 aliphatic carbocycles. The zero-order chi connectivity index (χ0) is 22.5. The lowest BCUT2D eigenvalue weighted by molar-refractivity contribution is -0.384. The third-order valence-corrected chi connectivity index (χ3v) is 4.34. The van der Waals surface area contributed by atoms with E-state index in [1.807, 2.05) is 6.07 Å². The predicted molar refractivity (Wildman–Crippen MR) is 111 cm³/mol. The van der Waals surface area contributed by atoms with E-state index >= 15 is 0 Å². The molecule has 10 heteroatoms. The van der Waals surface area contributed by atoms with E-state index in [2.05, 4.69) is 10.4 Å². The van der Waals surface area contributed by atoms with E-state index < -0.39 is 34.5 Å². The number of carbonyl (C=O) groups excluding carboxylic acids is 2. The third-order valence-electron chi connectivity index (χ3n) is 4.34. The van der Waals surface area contributed by atoms with Crippen LogP contribution in [0.4, 0.5) is 11.4 Å². The Hall–Kier alpha value is -4.34. The van der Waals surface area contributed by atoms with E-state index in [-0.39, 0.29) is 11.4 Å². The van der Waals surface area contributed by atoms with Crippen LogP contribution in [0.3, 0.4) is 0 Å². The summed E-state index contributed by atoms with van der Waals surface area (Å²) in [6, 6.07) is 14.2. The van der Waals surface area contributed by atoms with Gasteiger partial charge in [-0.2, -0.15) is 5.10 Å². The fourth-order valence-corrected chi connectivity index (χ4v) is 2.76. The molecule has 0 fully saturated rings. The number of esters is 1. The molecule has 1 heterocycles. The zero-order valence-electron chi connectivity index (χ0n) is 16.7. The minimum atomic E-state index is -1.06. The van der Waals surface area contributed by atoms with E-state index in [1.165, 1.54) is 28.9 Å². The number of carbonyl (C=O) groups is 2. The van der Waals surface area contributed by atoms with Gasteiger partial charge in [-0.15, -0.1) is 0 Å². The number of nitro benzene ring substituents is 1. The molecule has 0 aliphatic heterocycles. The average molecular weight is 422 g/mol. The van der Waals surface area contributed by atoms with Crippen LogP contribution >= 0.6 is 0 Å². The number of nitro groups is 1. The van der Waals surface area contributed by atoms with Crippen molar-refractivity contribution in [2.24, 2.45) is 0 Å². The van der Waals surface area contributed by atoms with Crippen molar-refractivity contribution in [1.29, 1.82) is 0 Å². The maximum absolute atomic E-state index is 12.4. The predicted octanol–water partition coefficient (Wildman–Crippen LogP) is 2.55. The number of nitrogens with one attached hydrogen (secondary N) is 1. The molecule has 0 saturated heterocycles. The molecule has 1 amide bonds. The van der Waals surface area contributed by atoms with Crippen LogP contribution in [0.1, 0.15) is 21.7 Å². The number of nitrogens with zero attached hydrogens (tertiary/aromatic N) is 3. The van der Waals surface area contributed by atoms with Gasteiger partial charge in [0.15, 0.2) is 6.61 Å². The second-order valence-electron chi connectivity index (χ2n) is 6.63. The molecule has 0 atom stereocenters. The third kappa shape index (κ3) is 4.99. The van der Waals surface area contributed by atoms with Gasteiger partial charge in [-0.05, 0) is 31.5 Å². The summed E-state index contributed by atoms with van der Waals surface area (Å²) in [6.45, 7) is 2.64. The standard InChI is InChI=1S/C21H18N4O6/c1-13-8-9-16(25(29)30)11-17(13)22-19(27)12-31-21(28)20-18(26)10-14(2)24(23-20)15-6-4-3-5-7-15/h3-11H,12H2,1-2H3,(H,22,27). The van der Waals surface area contributed by atoms with Crippen LogP contribution in [0, 0.1) is 24.0 Å². The van der Waals surface area contributed by atoms with Crippen molar-refractivity contribution in [2.45, 2.75) is 13.8 Å². The lowest BCUT2D eigenvalue weighted by Gasteiger charge is -2.11. The first-order valence-electron chi connectivity index (χ1n) is 9.14. The SMILES string of the molecule is Cc1ccc([N+](=O)[O-])cc1NC(=O)COC(=O)c1nn(-c2ccccc2)c(C)cc1=O. The molecule has 2 aromatic carbocycles. The summed E-state index contributed by atoms with van der Waals surface area (Å²) in [5, 5.41) is 17.4. The number of benzene rings is 2. The van der Waals surface area contributed by atoms with E-state index in [4.69, 9.17) is 4.74 Å². The van der Waals surface area contributed by atoms with E-state index in [1.54, 1.807) is 38.1 Å². The Kier molecular flexibility index (Phi) is 6.20. The lowest BCUT2D eigenvalue weighted by atomic mass is 10.2. The minimum absolute atomic E-state index is 0.191. The van der Waals surface area contributed by atoms with Gasteiger partial charge in [0.2, 0.25) is 11.1 Å². The van der Waals surface area contributed by atoms with E-state index in [0.29, 0.717) is 16.9 Å². The van der Waals surface area contributed by atoms with Crippen molar-refractivity contribution >= 4 is 23.3 Å². The van der Waals surface area contributed by atoms with Crippen LogP contribution < -0.4 is 10.7 Å². The van der Waals surface area contributed by atoms with Crippen LogP contribution in [0.25, 0.3) is 5.69 Å². The average Bonchev–Trinajstić information content (AvgIpc) is 2.74. The second kappa shape index (κ2) is 8.99. The number of anilines is 1. The molecule has 10 nitrogen and oxygen atoms in total. The summed E-state index contributed by atoms with van der Waals surface area (Å²) < 4.78 is 6.35. The van der Waals surface area contributed by atoms with Crippen molar-refractivity contribution < 1.29 is 19.2 Å². The van der Waals surface area contributed by atoms with Gasteiger partial charge in [-0.1, -0.05) is 24.3 Å². The molecule has 0 spiro atoms. The Morgan fingerprint density at radius 2 is 1.84 bits per heavy atom. The highest BCUT2D eigenvalue weighted by Crippen LogP contribution is 2.21. The Balaban J connectivity index is 1.73. The van der Waals surface area contributed by atoms with Gasteiger partial charge >= 0.3 is 5.97 Å². The smallest absolute Gasteiger partial charge is 0.363 e. The van der Waals surface area contributed by atoms with Crippen LogP contribution in [0.2, 0.25) is 0 Å². The number of aromatic nitrogens is 2. The highest BCUT2D eigenvalue weighted by molar-refractivity contribution is 5.95. The summed E-state index contributed by atoms with van der Waals surface area (Å²) in [5.41, 5.74) is 0.688. The van der Waals surface area contributed by atoms with Gasteiger partial charge in [-0.25, -0.2) is 9.48 Å². The highest BCUT2D eigenvalue weighted by Gasteiger charge is 2.19. The fraction of sp³-hybridized carbons (Fsp3) is 0.143. The van der Waals surface area contributed by atoms with Gasteiger partial charge in [-0.3, -0.25) is 19.7 Å². The summed E-state index contributed by atoms with van der Waals surface area (Å²) in [7, 11) is 0. The lowest BCUT2D eigenvalue weighted by Crippen LogP contribution is -2.27. The summed E-state index contributed by atoms with van der Waals surface area (Å²) in [6.07, 6.45) is 0. The Morgan fingerprint density at radius 1 is 1.13 bits per heavy atom. The van der Waals surface area contributed by atoms with Crippen LogP contribution in [-0.2, 0) is 9.53 Å². The number of hydrogen-bond donors (Lipinski definition) is 1. The van der Waals surface area contributed by atoms with Crippen LogP contribution in [0.15, 0.2) is 59.4 Å². The van der Waals surface area contributed by atoms with Crippen molar-refractivity contribution in [3.8, 4) is 5.69 Å². The quantitative estimate of drug-likeness (QED) is 0.366. The summed E-state index contributed by atoms with van der Waals surface area (Å²) >= 11 is 0. The first-order valence-corrected chi connectivity index (χ1v) is 9.14. The molecule has 0 saturated carbocycles. The van der Waals surface area contributed by atoms with Gasteiger partial charge in [0.05, 0.1) is 16.3 Å². The van der Waals surface area contributed by atoms with Gasteiger partial charge < -0.3 is 10.1 Å². The molecule has 158 valence electrons. The van der Waals surface area contributed by atoms with Gasteiger partial charge in [0.1, 0.15) is 0 Å². The molecule has 1 aromatic heterocycles. The second-order valence-corrected chi connectivity index (χ2v) is 6.63. The summed E-state index contributed by atoms with van der Waals surface area (Å²) in [4.78, 5) is 47.0. The van der Waals surface area contributed by atoms with Crippen molar-refractivity contribution in [3.05, 3.63) is 91.9 Å². The number of non-ortho nitro benzene ring substituents is 1. The molecule has 3 rings (SSSR count). The maximum Gasteiger partial charge on any atom is 0.363 e. The Morgan fingerprint density at radius 3 is 2.52 bits per heavy atom. The largest absolute Gasteiger partial charge is 0.451 e. The molecular formula is C21H18N4O6. The first-order chi connectivity index (χ1) is 14.8. The number of amides is 1. The molecular weight excluding hydrogens is 404 g/mol. The Labute approximate surface area is 176 Å². The zero-order valence-corrected chi connectivity index (χ0v) is 16.7. The number of ether oxygens (including phenoxy) is 1. The molecule has 31 heavy (non-hydrogen) atoms. The van der Waals surface area contributed by atoms with Gasteiger partial charge in [0, 0.05) is 23.9 Å². The van der Waals surface area contributed by atoms with Gasteiger partial charge in [0.25, 0.3) is 11.6 Å². The molecule has 1 N–H and O–H groups in total. The van der Waals surface area contributed by atoms with E-state index in [0.717, 1.165) is 0 Å².